The molecule has 3 amide bonds. The van der Waals surface area contributed by atoms with Crippen LogP contribution in [0.4, 0.5) is 4.79 Å². The smallest absolute Gasteiger partial charge is 0.408 e. The Morgan fingerprint density at radius 3 is 2.22 bits per heavy atom. The van der Waals surface area contributed by atoms with Crippen LogP contribution in [0.25, 0.3) is 0 Å². The molecule has 0 aliphatic rings. The molecule has 1 aromatic rings. The van der Waals surface area contributed by atoms with Crippen LogP contribution in [0.3, 0.4) is 0 Å². The lowest BCUT2D eigenvalue weighted by Crippen LogP contribution is -2.55. The second-order valence-electron chi connectivity index (χ2n) is 11.2. The summed E-state index contributed by atoms with van der Waals surface area (Å²) in [6, 6.07) is 2.94. The number of carbonyl (C=O) groups is 3. The minimum atomic E-state index is -0.988. The minimum absolute atomic E-state index is 0.0335. The highest BCUT2D eigenvalue weighted by atomic mass is 32.1. The molecule has 0 aliphatic heterocycles. The van der Waals surface area contributed by atoms with Crippen LogP contribution >= 0.6 is 12.6 Å². The second-order valence-corrected chi connectivity index (χ2v) is 11.5. The first-order valence-corrected chi connectivity index (χ1v) is 13.2. The predicted octanol–water partition coefficient (Wildman–Crippen LogP) is 4.89. The van der Waals surface area contributed by atoms with Gasteiger partial charge in [0.1, 0.15) is 23.4 Å². The third kappa shape index (κ3) is 10.7. The molecule has 0 fully saturated rings. The van der Waals surface area contributed by atoms with E-state index in [1.165, 1.54) is 11.0 Å². The van der Waals surface area contributed by atoms with Gasteiger partial charge in [-0.25, -0.2) is 4.79 Å². The van der Waals surface area contributed by atoms with E-state index in [2.05, 4.69) is 30.2 Å². The average Bonchev–Trinajstić information content (AvgIpc) is 2.73. The number of aryl methyl sites for hydroxylation is 1. The molecule has 3 N–H and O–H groups in total. The minimum Gasteiger partial charge on any atom is -0.508 e. The van der Waals surface area contributed by atoms with Gasteiger partial charge < -0.3 is 25.4 Å². The number of amides is 3. The van der Waals surface area contributed by atoms with Crippen LogP contribution in [-0.2, 0) is 14.3 Å². The Morgan fingerprint density at radius 1 is 1.08 bits per heavy atom. The number of thiol groups is 1. The Labute approximate surface area is 222 Å². The predicted molar refractivity (Wildman–Crippen MR) is 146 cm³/mol. The number of nitrogens with one attached hydrogen (secondary N) is 2. The van der Waals surface area contributed by atoms with E-state index in [-0.39, 0.29) is 17.4 Å². The van der Waals surface area contributed by atoms with Crippen molar-refractivity contribution in [3.8, 4) is 5.75 Å². The molecule has 0 aromatic heterocycles. The molecule has 0 saturated carbocycles. The number of phenols is 1. The molecule has 204 valence electrons. The monoisotopic (exact) mass is 523 g/mol. The van der Waals surface area contributed by atoms with Gasteiger partial charge in [0.25, 0.3) is 0 Å². The van der Waals surface area contributed by atoms with E-state index in [0.29, 0.717) is 24.1 Å². The molecule has 9 heteroatoms. The Kier molecular flexibility index (Phi) is 12.1. The lowest BCUT2D eigenvalue weighted by molar-refractivity contribution is -0.142. The number of hydrogen-bond acceptors (Lipinski definition) is 6. The summed E-state index contributed by atoms with van der Waals surface area (Å²) in [6.45, 7) is 15.0. The molecule has 0 bridgehead atoms. The number of hydrogen-bond donors (Lipinski definition) is 4. The van der Waals surface area contributed by atoms with E-state index < -0.39 is 35.2 Å². The highest BCUT2D eigenvalue weighted by Crippen LogP contribution is 2.28. The number of aromatic hydroxyl groups is 1. The quantitative estimate of drug-likeness (QED) is 0.244. The van der Waals surface area contributed by atoms with Crippen LogP contribution in [0.2, 0.25) is 0 Å². The SMILES string of the molecule is CCCCCCN(C(=O)C(CS)NC(=O)OC(C)(C)C)C(C(=O)NC(C)(C)C)c1ccc(O)c(C)c1. The maximum atomic E-state index is 13.9. The molecule has 2 atom stereocenters. The molecule has 0 aliphatic carbocycles. The summed E-state index contributed by atoms with van der Waals surface area (Å²) >= 11 is 4.31. The number of alkyl carbamates (subject to hydrolysis) is 1. The van der Waals surface area contributed by atoms with Crippen LogP contribution in [0, 0.1) is 6.92 Å². The molecule has 1 rings (SSSR count). The average molecular weight is 524 g/mol. The van der Waals surface area contributed by atoms with Gasteiger partial charge in [-0.1, -0.05) is 32.3 Å². The van der Waals surface area contributed by atoms with E-state index in [9.17, 15) is 19.5 Å². The molecule has 2 unspecified atom stereocenters. The maximum Gasteiger partial charge on any atom is 0.408 e. The van der Waals surface area contributed by atoms with E-state index in [1.807, 2.05) is 20.8 Å². The summed E-state index contributed by atoms with van der Waals surface area (Å²) in [5, 5.41) is 15.7. The molecule has 0 spiro atoms. The first-order valence-electron chi connectivity index (χ1n) is 12.6. The maximum absolute atomic E-state index is 13.9. The van der Waals surface area contributed by atoms with E-state index in [1.54, 1.807) is 39.8 Å². The van der Waals surface area contributed by atoms with Gasteiger partial charge in [0.05, 0.1) is 0 Å². The fourth-order valence-corrected chi connectivity index (χ4v) is 3.92. The number of nitrogens with zero attached hydrogens (tertiary/aromatic N) is 1. The third-order valence-electron chi connectivity index (χ3n) is 5.30. The molecule has 8 nitrogen and oxygen atoms in total. The largest absolute Gasteiger partial charge is 0.508 e. The van der Waals surface area contributed by atoms with Gasteiger partial charge in [-0.3, -0.25) is 9.59 Å². The summed E-state index contributed by atoms with van der Waals surface area (Å²) in [7, 11) is 0. The Morgan fingerprint density at radius 2 is 1.72 bits per heavy atom. The van der Waals surface area contributed by atoms with Crippen molar-refractivity contribution in [2.45, 2.75) is 104 Å². The standard InChI is InChI=1S/C27H45N3O5S/c1-9-10-11-12-15-30(24(33)20(17-36)28-25(34)35-27(6,7)8)22(23(32)29-26(3,4)5)19-13-14-21(31)18(2)16-19/h13-14,16,20,22,31,36H,9-12,15,17H2,1-8H3,(H,28,34)(H,29,32). The van der Waals surface area contributed by atoms with Gasteiger partial charge in [-0.05, 0) is 78.1 Å². The summed E-state index contributed by atoms with van der Waals surface area (Å²) in [4.78, 5) is 41.4. The van der Waals surface area contributed by atoms with Gasteiger partial charge >= 0.3 is 6.09 Å². The second kappa shape index (κ2) is 13.8. The van der Waals surface area contributed by atoms with Crippen molar-refractivity contribution in [1.82, 2.24) is 15.5 Å². The van der Waals surface area contributed by atoms with Crippen molar-refractivity contribution in [2.24, 2.45) is 0 Å². The van der Waals surface area contributed by atoms with Crippen molar-refractivity contribution in [2.75, 3.05) is 12.3 Å². The number of carbonyl (C=O) groups excluding carboxylic acids is 3. The third-order valence-corrected chi connectivity index (χ3v) is 5.67. The lowest BCUT2D eigenvalue weighted by Gasteiger charge is -2.36. The van der Waals surface area contributed by atoms with Crippen LogP contribution in [0.15, 0.2) is 18.2 Å². The summed E-state index contributed by atoms with van der Waals surface area (Å²) in [6.07, 6.45) is 2.90. The van der Waals surface area contributed by atoms with Gasteiger partial charge in [-0.15, -0.1) is 0 Å². The molecular weight excluding hydrogens is 478 g/mol. The summed E-state index contributed by atoms with van der Waals surface area (Å²) < 4.78 is 5.34. The Balaban J connectivity index is 3.46. The number of phenolic OH excluding ortho intramolecular Hbond substituents is 1. The van der Waals surface area contributed by atoms with E-state index in [0.717, 1.165) is 19.3 Å². The van der Waals surface area contributed by atoms with Gasteiger partial charge in [-0.2, -0.15) is 12.6 Å². The fourth-order valence-electron chi connectivity index (χ4n) is 3.67. The highest BCUT2D eigenvalue weighted by molar-refractivity contribution is 7.80. The molecule has 0 saturated heterocycles. The highest BCUT2D eigenvalue weighted by Gasteiger charge is 2.36. The van der Waals surface area contributed by atoms with Crippen LogP contribution < -0.4 is 10.6 Å². The fraction of sp³-hybridized carbons (Fsp3) is 0.667. The lowest BCUT2D eigenvalue weighted by atomic mass is 9.98. The van der Waals surface area contributed by atoms with Crippen molar-refractivity contribution in [3.63, 3.8) is 0 Å². The first kappa shape index (κ1) is 31.6. The molecular formula is C27H45N3O5S. The zero-order chi connectivity index (χ0) is 27.7. The normalized spacial score (nSPS) is 13.5. The topological polar surface area (TPSA) is 108 Å². The van der Waals surface area contributed by atoms with Gasteiger partial charge in [0.15, 0.2) is 0 Å². The van der Waals surface area contributed by atoms with Crippen LogP contribution in [-0.4, -0.2) is 57.4 Å². The number of benzene rings is 1. The van der Waals surface area contributed by atoms with Crippen molar-refractivity contribution < 1.29 is 24.2 Å². The number of ether oxygens (including phenoxy) is 1. The Bertz CT molecular complexity index is 892. The van der Waals surface area contributed by atoms with Crippen molar-refractivity contribution in [3.05, 3.63) is 29.3 Å². The zero-order valence-corrected chi connectivity index (χ0v) is 24.0. The van der Waals surface area contributed by atoms with Crippen LogP contribution in [0.1, 0.15) is 91.3 Å². The number of unbranched alkanes of at least 4 members (excludes halogenated alkanes) is 3. The van der Waals surface area contributed by atoms with E-state index in [4.69, 9.17) is 4.74 Å². The van der Waals surface area contributed by atoms with E-state index >= 15 is 0 Å². The first-order chi connectivity index (χ1) is 16.6. The Hall–Kier alpha value is -2.42. The molecule has 1 aromatic carbocycles. The van der Waals surface area contributed by atoms with Crippen molar-refractivity contribution in [1.29, 1.82) is 0 Å². The molecule has 0 radical (unpaired) electrons. The van der Waals surface area contributed by atoms with Crippen LogP contribution in [0.5, 0.6) is 5.75 Å². The van der Waals surface area contributed by atoms with Crippen molar-refractivity contribution >= 4 is 30.5 Å². The molecule has 36 heavy (non-hydrogen) atoms. The molecule has 0 heterocycles. The summed E-state index contributed by atoms with van der Waals surface area (Å²) in [5.41, 5.74) is -0.0916. The van der Waals surface area contributed by atoms with Gasteiger partial charge in [0, 0.05) is 17.8 Å². The number of rotatable bonds is 11. The zero-order valence-electron chi connectivity index (χ0n) is 23.1. The summed E-state index contributed by atoms with van der Waals surface area (Å²) in [5.74, 6) is -0.626. The van der Waals surface area contributed by atoms with Gasteiger partial charge in [0.2, 0.25) is 11.8 Å².